The number of carboxylic acids is 1. The molecule has 13 aliphatic rings. The van der Waals surface area contributed by atoms with Crippen LogP contribution in [-0.4, -0.2) is 90.1 Å². The van der Waals surface area contributed by atoms with Gasteiger partial charge in [-0.15, -0.1) is 0 Å². The van der Waals surface area contributed by atoms with Gasteiger partial charge in [-0.1, -0.05) is 103 Å². The number of carboxylic acid groups (broad SMARTS) is 1. The van der Waals surface area contributed by atoms with Gasteiger partial charge in [-0.05, 0) is 122 Å². The summed E-state index contributed by atoms with van der Waals surface area (Å²) in [7, 11) is -35.8. The van der Waals surface area contributed by atoms with Crippen LogP contribution in [0.1, 0.15) is 199 Å². The smallest absolute Gasteiger partial charge is 0.478 e. The zero-order valence-electron chi connectivity index (χ0n) is 41.0. The highest BCUT2D eigenvalue weighted by atomic mass is 28.6. The Morgan fingerprint density at radius 2 is 0.647 bits per heavy atom. The van der Waals surface area contributed by atoms with Gasteiger partial charge in [-0.25, -0.2) is 4.79 Å². The van der Waals surface area contributed by atoms with E-state index in [0.717, 1.165) is 192 Å². The van der Waals surface area contributed by atoms with Gasteiger partial charge >= 0.3 is 76.6 Å². The van der Waals surface area contributed by atoms with Crippen molar-refractivity contribution >= 4 is 85.0 Å². The Labute approximate surface area is 415 Å². The fourth-order valence-electron chi connectivity index (χ4n) is 15.0. The van der Waals surface area contributed by atoms with Gasteiger partial charge in [0.15, 0.2) is 8.32 Å². The van der Waals surface area contributed by atoms with E-state index in [1.807, 2.05) is 0 Å². The minimum Gasteiger partial charge on any atom is -0.478 e. The van der Waals surface area contributed by atoms with Gasteiger partial charge in [0.05, 0.1) is 0 Å². The predicted octanol–water partition coefficient (Wildman–Crippen LogP) is 11.9. The molecule has 0 aromatic heterocycles. The second-order valence-electron chi connectivity index (χ2n) is 23.8. The van der Waals surface area contributed by atoms with Crippen LogP contribution in [0.25, 0.3) is 0 Å². The first-order valence-corrected chi connectivity index (χ1v) is 45.1. The number of unbranched alkanes of at least 4 members (excludes halogenated alkanes) is 1. The summed E-state index contributed by atoms with van der Waals surface area (Å²) in [4.78, 5) is 11.8. The Kier molecular flexibility index (Phi) is 13.6. The standard InChI is InChI=1S/C44H80O15Si9/c1-36(44(45)46)20-18-19-35-60(2,3)47-68-57-65(41-29-12-13-30-41)51-62(38-23-6-7-24-38)48-61(37-21-4-5-22-37)49-63(53-65,39-25-8-9-26-39)55-67(59-68,43-33-16-17-34-43)56-64(50-61,40-27-10-11-28-40)54-66(52-62,58-68)42-31-14-15-32-42/h37-43H,1,4-35H2,2-3H3,(H,45,46). The van der Waals surface area contributed by atoms with Crippen molar-refractivity contribution in [3.05, 3.63) is 12.2 Å². The van der Waals surface area contributed by atoms with Crippen molar-refractivity contribution in [2.24, 2.45) is 0 Å². The van der Waals surface area contributed by atoms with Crippen molar-refractivity contribution in [2.75, 3.05) is 0 Å². The molecule has 0 amide bonds. The third-order valence-corrected chi connectivity index (χ3v) is 61.3. The minimum atomic E-state index is -4.57. The average Bonchev–Trinajstić information content (AvgIpc) is 4.14. The lowest BCUT2D eigenvalue weighted by Crippen LogP contribution is -2.91. The number of hydrogen-bond acceptors (Lipinski definition) is 14. The van der Waals surface area contributed by atoms with Crippen LogP contribution in [0.2, 0.25) is 57.9 Å². The van der Waals surface area contributed by atoms with Crippen molar-refractivity contribution in [3.63, 3.8) is 0 Å². The first-order chi connectivity index (χ1) is 32.8. The van der Waals surface area contributed by atoms with Gasteiger partial charge in [0.25, 0.3) is 0 Å². The third-order valence-electron chi connectivity index (χ3n) is 18.6. The van der Waals surface area contributed by atoms with E-state index < -0.39 is 85.0 Å². The largest absolute Gasteiger partial charge is 0.646 e. The Bertz CT molecular complexity index is 1700. The molecule has 0 radical (unpaired) electrons. The van der Waals surface area contributed by atoms with Crippen LogP contribution in [-0.2, 0) is 58.3 Å². The molecule has 8 bridgehead atoms. The van der Waals surface area contributed by atoms with Gasteiger partial charge < -0.3 is 58.6 Å². The molecular formula is C44H80O15Si9. The van der Waals surface area contributed by atoms with Crippen molar-refractivity contribution in [3.8, 4) is 0 Å². The predicted molar refractivity (Wildman–Crippen MR) is 269 cm³/mol. The molecule has 7 saturated carbocycles. The molecular weight excluding hydrogens is 1020 g/mol. The highest BCUT2D eigenvalue weighted by molar-refractivity contribution is 7.04. The van der Waals surface area contributed by atoms with E-state index in [-0.39, 0.29) is 44.4 Å². The van der Waals surface area contributed by atoms with Crippen LogP contribution in [0.15, 0.2) is 12.2 Å². The molecule has 68 heavy (non-hydrogen) atoms. The van der Waals surface area contributed by atoms with E-state index in [2.05, 4.69) is 19.7 Å². The van der Waals surface area contributed by atoms with Crippen LogP contribution in [0.4, 0.5) is 0 Å². The first-order valence-electron chi connectivity index (χ1n) is 27.8. The lowest BCUT2D eigenvalue weighted by molar-refractivity contribution is -0.132. The van der Waals surface area contributed by atoms with Crippen molar-refractivity contribution in [1.82, 2.24) is 0 Å². The molecule has 0 unspecified atom stereocenters. The van der Waals surface area contributed by atoms with Gasteiger partial charge in [-0.3, -0.25) is 0 Å². The summed E-state index contributed by atoms with van der Waals surface area (Å²) >= 11 is 0. The number of hydrogen-bond donors (Lipinski definition) is 1. The Balaban J connectivity index is 1.12. The Morgan fingerprint density at radius 1 is 0.426 bits per heavy atom. The molecule has 1 N–H and O–H groups in total. The molecule has 13 fully saturated rings. The van der Waals surface area contributed by atoms with Crippen LogP contribution in [0.3, 0.4) is 0 Å². The number of rotatable bonds is 15. The Morgan fingerprint density at radius 3 is 0.868 bits per heavy atom. The van der Waals surface area contributed by atoms with E-state index in [1.165, 1.54) is 0 Å². The number of aliphatic carboxylic acids is 1. The first kappa shape index (κ1) is 49.5. The zero-order chi connectivity index (χ0) is 46.5. The van der Waals surface area contributed by atoms with Crippen LogP contribution >= 0.6 is 0 Å². The van der Waals surface area contributed by atoms with Crippen molar-refractivity contribution in [1.29, 1.82) is 0 Å². The molecule has 0 spiro atoms. The maximum absolute atomic E-state index is 11.8. The summed E-state index contributed by atoms with van der Waals surface area (Å²) in [6.45, 7) is 8.30. The van der Waals surface area contributed by atoms with Gasteiger partial charge in [-0.2, -0.15) is 0 Å². The fraction of sp³-hybridized carbons (Fsp3) is 0.932. The second kappa shape index (κ2) is 18.7. The van der Waals surface area contributed by atoms with Crippen LogP contribution in [0.5, 0.6) is 0 Å². The lowest BCUT2D eigenvalue weighted by Gasteiger charge is -2.66. The molecule has 6 heterocycles. The second-order valence-corrected chi connectivity index (χ2v) is 53.6. The molecule has 13 rings (SSSR count). The molecule has 0 aromatic carbocycles. The summed E-state index contributed by atoms with van der Waals surface area (Å²) in [5.74, 6) is -0.944. The molecule has 0 aromatic rings. The van der Waals surface area contributed by atoms with E-state index in [0.29, 0.717) is 12.8 Å². The molecule has 7 aliphatic carbocycles. The van der Waals surface area contributed by atoms with Gasteiger partial charge in [0, 0.05) is 44.4 Å². The van der Waals surface area contributed by atoms with E-state index in [9.17, 15) is 9.90 Å². The quantitative estimate of drug-likeness (QED) is 0.0938. The average molecular weight is 1100 g/mol. The van der Waals surface area contributed by atoms with Crippen LogP contribution < -0.4 is 0 Å². The summed E-state index contributed by atoms with van der Waals surface area (Å²) in [6.07, 6.45) is 29.5. The number of carbonyl (C=O) groups is 1. The summed E-state index contributed by atoms with van der Waals surface area (Å²) in [5, 5.41) is 9.65. The monoisotopic (exact) mass is 1100 g/mol. The molecule has 0 atom stereocenters. The molecule has 6 saturated heterocycles. The van der Waals surface area contributed by atoms with Gasteiger partial charge in [0.1, 0.15) is 0 Å². The third kappa shape index (κ3) is 8.70. The molecule has 15 nitrogen and oxygen atoms in total. The lowest BCUT2D eigenvalue weighted by atomic mass is 10.1. The highest BCUT2D eigenvalue weighted by Gasteiger charge is 2.89. The van der Waals surface area contributed by atoms with Crippen LogP contribution in [0, 0.1) is 0 Å². The van der Waals surface area contributed by atoms with Gasteiger partial charge in [0.2, 0.25) is 0 Å². The summed E-state index contributed by atoms with van der Waals surface area (Å²) in [5.41, 5.74) is 0.0266. The highest BCUT2D eigenvalue weighted by Crippen LogP contribution is 2.66. The van der Waals surface area contributed by atoms with Crippen molar-refractivity contribution < 1.29 is 63.4 Å². The van der Waals surface area contributed by atoms with E-state index in [1.54, 1.807) is 0 Å². The van der Waals surface area contributed by atoms with Crippen molar-refractivity contribution in [2.45, 2.75) is 257 Å². The minimum absolute atomic E-state index is 0.00715. The molecule has 382 valence electrons. The SMILES string of the molecule is C=C(CCCC[Si](C)(C)O[Si]12O[Si]3(C4CCCC4)O[Si]4(C5CCCC5)O[Si](C5CCCC5)(O1)O[Si]1(C5CCCC5)O[Si](C5CCCC5)(O2)O[Si](C2CCCC2)(O3)O[Si](C2CCCC2)(O4)O1)C(=O)O. The van der Waals surface area contributed by atoms with E-state index in [4.69, 9.17) is 53.5 Å². The maximum Gasteiger partial charge on any atom is 0.646 e. The maximum atomic E-state index is 11.8. The summed E-state index contributed by atoms with van der Waals surface area (Å²) < 4.78 is 109. The fourth-order valence-corrected chi connectivity index (χ4v) is 74.1. The Hall–Kier alpha value is 0.642. The molecule has 6 aliphatic heterocycles. The molecule has 24 heteroatoms. The topological polar surface area (TPSA) is 157 Å². The normalized spacial score (nSPS) is 44.6. The van der Waals surface area contributed by atoms with E-state index >= 15 is 0 Å². The summed E-state index contributed by atoms with van der Waals surface area (Å²) in [6, 6.07) is 0.733. The zero-order valence-corrected chi connectivity index (χ0v) is 50.0.